The Hall–Kier alpha value is -0.890. The summed E-state index contributed by atoms with van der Waals surface area (Å²) in [4.78, 5) is 0. The SMILES string of the molecule is ClCCCC(Cl)c1ccc(Oc2ccc(Cl)cc2)cc1. The van der Waals surface area contributed by atoms with E-state index in [1.54, 1.807) is 12.1 Å². The highest BCUT2D eigenvalue weighted by Gasteiger charge is 2.07. The maximum Gasteiger partial charge on any atom is 0.127 e. The molecule has 0 N–H and O–H groups in total. The van der Waals surface area contributed by atoms with E-state index in [9.17, 15) is 0 Å². The van der Waals surface area contributed by atoms with Crippen LogP contribution in [0.3, 0.4) is 0 Å². The molecule has 0 saturated carbocycles. The number of rotatable bonds is 6. The first-order valence-electron chi connectivity index (χ1n) is 6.42. The van der Waals surface area contributed by atoms with Crippen LogP contribution in [0.1, 0.15) is 23.8 Å². The number of hydrogen-bond acceptors (Lipinski definition) is 1. The third kappa shape index (κ3) is 4.59. The molecule has 1 nitrogen and oxygen atoms in total. The highest BCUT2D eigenvalue weighted by molar-refractivity contribution is 6.30. The maximum atomic E-state index is 6.30. The predicted molar refractivity (Wildman–Crippen MR) is 86.5 cm³/mol. The Morgan fingerprint density at radius 1 is 0.900 bits per heavy atom. The lowest BCUT2D eigenvalue weighted by Crippen LogP contribution is -1.92. The quantitative estimate of drug-likeness (QED) is 0.555. The van der Waals surface area contributed by atoms with Gasteiger partial charge in [0.25, 0.3) is 0 Å². The van der Waals surface area contributed by atoms with Gasteiger partial charge >= 0.3 is 0 Å². The van der Waals surface area contributed by atoms with Crippen LogP contribution < -0.4 is 4.74 Å². The molecule has 0 aliphatic carbocycles. The minimum Gasteiger partial charge on any atom is -0.457 e. The molecule has 2 rings (SSSR count). The summed E-state index contributed by atoms with van der Waals surface area (Å²) < 4.78 is 5.73. The van der Waals surface area contributed by atoms with Crippen molar-refractivity contribution in [1.82, 2.24) is 0 Å². The van der Waals surface area contributed by atoms with Crippen LogP contribution in [0.2, 0.25) is 5.02 Å². The summed E-state index contributed by atoms with van der Waals surface area (Å²) in [5.74, 6) is 2.17. The van der Waals surface area contributed by atoms with Crippen LogP contribution in [0.25, 0.3) is 0 Å². The lowest BCUT2D eigenvalue weighted by molar-refractivity contribution is 0.482. The van der Waals surface area contributed by atoms with E-state index in [0.29, 0.717) is 10.9 Å². The summed E-state index contributed by atoms with van der Waals surface area (Å²) in [6.07, 6.45) is 1.79. The van der Waals surface area contributed by atoms with E-state index in [-0.39, 0.29) is 5.38 Å². The molecule has 4 heteroatoms. The van der Waals surface area contributed by atoms with Gasteiger partial charge in [0.2, 0.25) is 0 Å². The Labute approximate surface area is 134 Å². The second-order valence-corrected chi connectivity index (χ2v) is 5.76. The van der Waals surface area contributed by atoms with E-state index in [1.807, 2.05) is 36.4 Å². The molecule has 0 heterocycles. The first-order valence-corrected chi connectivity index (χ1v) is 7.77. The molecule has 1 atom stereocenters. The number of benzene rings is 2. The molecule has 0 amide bonds. The normalized spacial score (nSPS) is 12.2. The molecular weight excluding hydrogens is 315 g/mol. The lowest BCUT2D eigenvalue weighted by atomic mass is 10.1. The van der Waals surface area contributed by atoms with Gasteiger partial charge in [-0.1, -0.05) is 23.7 Å². The number of halogens is 3. The van der Waals surface area contributed by atoms with Crippen molar-refractivity contribution in [2.24, 2.45) is 0 Å². The molecule has 2 aromatic carbocycles. The molecular formula is C16H15Cl3O. The standard InChI is InChI=1S/C16H15Cl3O/c17-11-1-2-16(19)12-3-7-14(8-4-12)20-15-9-5-13(18)6-10-15/h3-10,16H,1-2,11H2. The van der Waals surface area contributed by atoms with Gasteiger partial charge in [-0.15, -0.1) is 23.2 Å². The molecule has 0 bridgehead atoms. The Bertz CT molecular complexity index is 522. The van der Waals surface area contributed by atoms with Crippen molar-refractivity contribution in [3.63, 3.8) is 0 Å². The molecule has 0 radical (unpaired) electrons. The fourth-order valence-corrected chi connectivity index (χ4v) is 2.39. The van der Waals surface area contributed by atoms with Crippen molar-refractivity contribution in [3.8, 4) is 11.5 Å². The van der Waals surface area contributed by atoms with Crippen LogP contribution in [-0.4, -0.2) is 5.88 Å². The van der Waals surface area contributed by atoms with E-state index in [2.05, 4.69) is 0 Å². The molecule has 0 saturated heterocycles. The maximum absolute atomic E-state index is 6.30. The van der Waals surface area contributed by atoms with Gasteiger partial charge in [0.1, 0.15) is 11.5 Å². The molecule has 20 heavy (non-hydrogen) atoms. The minimum absolute atomic E-state index is 0.00154. The van der Waals surface area contributed by atoms with Gasteiger partial charge in [0.15, 0.2) is 0 Å². The summed E-state index contributed by atoms with van der Waals surface area (Å²) >= 11 is 17.8. The van der Waals surface area contributed by atoms with Crippen LogP contribution in [0.5, 0.6) is 11.5 Å². The summed E-state index contributed by atoms with van der Waals surface area (Å²) in [6, 6.07) is 15.1. The highest BCUT2D eigenvalue weighted by atomic mass is 35.5. The van der Waals surface area contributed by atoms with Crippen LogP contribution in [0.15, 0.2) is 48.5 Å². The lowest BCUT2D eigenvalue weighted by Gasteiger charge is -2.10. The molecule has 0 aliphatic rings. The summed E-state index contributed by atoms with van der Waals surface area (Å²) in [6.45, 7) is 0. The number of alkyl halides is 2. The van der Waals surface area contributed by atoms with E-state index in [1.165, 1.54) is 0 Å². The van der Waals surface area contributed by atoms with Gasteiger partial charge in [0.05, 0.1) is 5.38 Å². The zero-order valence-electron chi connectivity index (χ0n) is 10.9. The number of ether oxygens (including phenoxy) is 1. The zero-order valence-corrected chi connectivity index (χ0v) is 13.1. The molecule has 0 aliphatic heterocycles. The molecule has 0 fully saturated rings. The minimum atomic E-state index is -0.00154. The van der Waals surface area contributed by atoms with Gasteiger partial charge in [-0.05, 0) is 54.8 Å². The van der Waals surface area contributed by atoms with Gasteiger partial charge in [0, 0.05) is 10.9 Å². The Morgan fingerprint density at radius 2 is 1.45 bits per heavy atom. The fraction of sp³-hybridized carbons (Fsp3) is 0.250. The van der Waals surface area contributed by atoms with Gasteiger partial charge in [-0.3, -0.25) is 0 Å². The molecule has 0 aromatic heterocycles. The van der Waals surface area contributed by atoms with Crippen molar-refractivity contribution >= 4 is 34.8 Å². The smallest absolute Gasteiger partial charge is 0.127 e. The van der Waals surface area contributed by atoms with Crippen LogP contribution in [0, 0.1) is 0 Å². The van der Waals surface area contributed by atoms with Crippen molar-refractivity contribution in [1.29, 1.82) is 0 Å². The van der Waals surface area contributed by atoms with E-state index < -0.39 is 0 Å². The van der Waals surface area contributed by atoms with Gasteiger partial charge in [-0.2, -0.15) is 0 Å². The van der Waals surface area contributed by atoms with Crippen LogP contribution in [-0.2, 0) is 0 Å². The summed E-state index contributed by atoms with van der Waals surface area (Å²) in [7, 11) is 0. The van der Waals surface area contributed by atoms with Crippen LogP contribution >= 0.6 is 34.8 Å². The third-order valence-corrected chi connectivity index (χ3v) is 3.87. The van der Waals surface area contributed by atoms with Crippen LogP contribution in [0.4, 0.5) is 0 Å². The second-order valence-electron chi connectivity index (χ2n) is 4.42. The highest BCUT2D eigenvalue weighted by Crippen LogP contribution is 2.29. The molecule has 0 spiro atoms. The van der Waals surface area contributed by atoms with E-state index in [0.717, 1.165) is 29.9 Å². The van der Waals surface area contributed by atoms with Gasteiger partial charge < -0.3 is 4.74 Å². The summed E-state index contributed by atoms with van der Waals surface area (Å²) in [5, 5.41) is 0.690. The van der Waals surface area contributed by atoms with Crippen molar-refractivity contribution in [2.45, 2.75) is 18.2 Å². The Balaban J connectivity index is 1.99. The monoisotopic (exact) mass is 328 g/mol. The predicted octanol–water partition coefficient (Wildman–Crippen LogP) is 6.43. The van der Waals surface area contributed by atoms with Crippen molar-refractivity contribution < 1.29 is 4.74 Å². The fourth-order valence-electron chi connectivity index (χ4n) is 1.81. The second kappa shape index (κ2) is 7.78. The Morgan fingerprint density at radius 3 is 2.00 bits per heavy atom. The number of hydrogen-bond donors (Lipinski definition) is 0. The average Bonchev–Trinajstić information content (AvgIpc) is 2.48. The first kappa shape index (κ1) is 15.5. The third-order valence-electron chi connectivity index (χ3n) is 2.88. The first-order chi connectivity index (χ1) is 9.69. The van der Waals surface area contributed by atoms with E-state index >= 15 is 0 Å². The largest absolute Gasteiger partial charge is 0.457 e. The molecule has 106 valence electrons. The summed E-state index contributed by atoms with van der Waals surface area (Å²) in [5.41, 5.74) is 1.08. The topological polar surface area (TPSA) is 9.23 Å². The zero-order chi connectivity index (χ0) is 14.4. The van der Waals surface area contributed by atoms with Gasteiger partial charge in [-0.25, -0.2) is 0 Å². The van der Waals surface area contributed by atoms with E-state index in [4.69, 9.17) is 39.5 Å². The molecule has 2 aromatic rings. The Kier molecular flexibility index (Phi) is 6.03. The van der Waals surface area contributed by atoms with Crippen molar-refractivity contribution in [3.05, 3.63) is 59.1 Å². The molecule has 1 unspecified atom stereocenters. The van der Waals surface area contributed by atoms with Crippen molar-refractivity contribution in [2.75, 3.05) is 5.88 Å². The average molecular weight is 330 g/mol.